The summed E-state index contributed by atoms with van der Waals surface area (Å²) < 4.78 is 14.6. The molecular weight excluding hydrogens is 313 g/mol. The number of anilines is 1. The molecule has 1 aliphatic heterocycles. The van der Waals surface area contributed by atoms with Gasteiger partial charge in [-0.2, -0.15) is 0 Å². The maximum Gasteiger partial charge on any atom is 0.293 e. The zero-order valence-electron chi connectivity index (χ0n) is 13.5. The highest BCUT2D eigenvalue weighted by Gasteiger charge is 2.28. The number of hydrogen-bond acceptors (Lipinski definition) is 6. The minimum atomic E-state index is -0.517. The summed E-state index contributed by atoms with van der Waals surface area (Å²) in [7, 11) is 2.01. The fourth-order valence-corrected chi connectivity index (χ4v) is 2.88. The van der Waals surface area contributed by atoms with Crippen molar-refractivity contribution in [3.05, 3.63) is 46.8 Å². The molecule has 1 fully saturated rings. The Morgan fingerprint density at radius 3 is 2.62 bits per heavy atom. The summed E-state index contributed by atoms with van der Waals surface area (Å²) in [6, 6.07) is 2.76. The van der Waals surface area contributed by atoms with Crippen LogP contribution in [0.2, 0.25) is 0 Å². The minimum absolute atomic E-state index is 0.105. The van der Waals surface area contributed by atoms with Gasteiger partial charge in [0.1, 0.15) is 17.8 Å². The number of piperazine rings is 1. The van der Waals surface area contributed by atoms with E-state index in [1.807, 2.05) is 18.9 Å². The predicted octanol–water partition coefficient (Wildman–Crippen LogP) is 2.33. The highest BCUT2D eigenvalue weighted by atomic mass is 19.1. The average Bonchev–Trinajstić information content (AvgIpc) is 2.57. The number of benzene rings is 1. The van der Waals surface area contributed by atoms with E-state index >= 15 is 0 Å². The van der Waals surface area contributed by atoms with Crippen molar-refractivity contribution >= 4 is 11.4 Å². The van der Waals surface area contributed by atoms with Gasteiger partial charge in [-0.25, -0.2) is 14.4 Å². The highest BCUT2D eigenvalue weighted by molar-refractivity contribution is 5.74. The Labute approximate surface area is 138 Å². The van der Waals surface area contributed by atoms with Crippen LogP contribution in [-0.2, 0) is 0 Å². The van der Waals surface area contributed by atoms with Crippen LogP contribution in [0.1, 0.15) is 6.92 Å². The summed E-state index contributed by atoms with van der Waals surface area (Å²) in [6.45, 7) is 4.05. The average molecular weight is 331 g/mol. The Morgan fingerprint density at radius 2 is 2.00 bits per heavy atom. The van der Waals surface area contributed by atoms with Gasteiger partial charge in [0.05, 0.1) is 4.92 Å². The molecule has 0 amide bonds. The molecule has 1 atom stereocenters. The molecule has 1 aliphatic rings. The number of nitro benzene ring substituents is 1. The van der Waals surface area contributed by atoms with Gasteiger partial charge in [-0.3, -0.25) is 10.1 Å². The first-order valence-electron chi connectivity index (χ1n) is 7.66. The molecule has 0 radical (unpaired) electrons. The Balaban J connectivity index is 2.04. The van der Waals surface area contributed by atoms with Gasteiger partial charge < -0.3 is 9.80 Å². The SMILES string of the molecule is C[C@@H]1CN(c2cc(F)c(-c3cncnc3)cc2[N+](=O)[O-])CCN1C. The number of nitro groups is 1. The number of rotatable bonds is 3. The van der Waals surface area contributed by atoms with E-state index in [-0.39, 0.29) is 17.3 Å². The molecule has 1 saturated heterocycles. The topological polar surface area (TPSA) is 75.4 Å². The fourth-order valence-electron chi connectivity index (χ4n) is 2.88. The predicted molar refractivity (Wildman–Crippen MR) is 88.4 cm³/mol. The molecule has 8 heteroatoms. The molecule has 7 nitrogen and oxygen atoms in total. The Morgan fingerprint density at radius 1 is 1.29 bits per heavy atom. The van der Waals surface area contributed by atoms with Gasteiger partial charge in [0.25, 0.3) is 5.69 Å². The summed E-state index contributed by atoms with van der Waals surface area (Å²) in [5, 5.41) is 11.5. The first-order chi connectivity index (χ1) is 11.5. The molecule has 0 unspecified atom stereocenters. The molecule has 2 aromatic rings. The van der Waals surface area contributed by atoms with E-state index in [2.05, 4.69) is 14.9 Å². The second-order valence-electron chi connectivity index (χ2n) is 5.98. The summed E-state index contributed by atoms with van der Waals surface area (Å²) in [6.07, 6.45) is 4.20. The summed E-state index contributed by atoms with van der Waals surface area (Å²) in [4.78, 5) is 22.8. The van der Waals surface area contributed by atoms with Crippen LogP contribution in [0.15, 0.2) is 30.9 Å². The third-order valence-electron chi connectivity index (χ3n) is 4.43. The molecule has 0 saturated carbocycles. The lowest BCUT2D eigenvalue weighted by molar-refractivity contribution is -0.384. The van der Waals surface area contributed by atoms with Crippen molar-refractivity contribution in [3.8, 4) is 11.1 Å². The van der Waals surface area contributed by atoms with Gasteiger partial charge in [-0.15, -0.1) is 0 Å². The zero-order chi connectivity index (χ0) is 17.3. The molecule has 126 valence electrons. The van der Waals surface area contributed by atoms with E-state index < -0.39 is 10.7 Å². The van der Waals surface area contributed by atoms with Gasteiger partial charge in [0.15, 0.2) is 0 Å². The quantitative estimate of drug-likeness (QED) is 0.635. The van der Waals surface area contributed by atoms with E-state index in [0.29, 0.717) is 24.3 Å². The summed E-state index contributed by atoms with van der Waals surface area (Å²) >= 11 is 0. The van der Waals surface area contributed by atoms with E-state index in [9.17, 15) is 14.5 Å². The van der Waals surface area contributed by atoms with E-state index in [4.69, 9.17) is 0 Å². The maximum atomic E-state index is 14.6. The molecule has 0 N–H and O–H groups in total. The van der Waals surface area contributed by atoms with Gasteiger partial charge in [0, 0.05) is 61.3 Å². The number of halogens is 1. The third kappa shape index (κ3) is 3.05. The van der Waals surface area contributed by atoms with Crippen LogP contribution in [0.25, 0.3) is 11.1 Å². The Kier molecular flexibility index (Phi) is 4.39. The van der Waals surface area contributed by atoms with Crippen molar-refractivity contribution in [2.24, 2.45) is 0 Å². The van der Waals surface area contributed by atoms with E-state index in [0.717, 1.165) is 6.54 Å². The molecule has 0 spiro atoms. The van der Waals surface area contributed by atoms with Crippen LogP contribution in [0, 0.1) is 15.9 Å². The Bertz CT molecular complexity index is 756. The number of likely N-dealkylation sites (N-methyl/N-ethyl adjacent to an activating group) is 1. The summed E-state index contributed by atoms with van der Waals surface area (Å²) in [5.41, 5.74) is 0.759. The van der Waals surface area contributed by atoms with Crippen molar-refractivity contribution in [1.29, 1.82) is 0 Å². The molecule has 0 bridgehead atoms. The second-order valence-corrected chi connectivity index (χ2v) is 5.98. The monoisotopic (exact) mass is 331 g/mol. The highest BCUT2D eigenvalue weighted by Crippen LogP contribution is 2.36. The lowest BCUT2D eigenvalue weighted by Crippen LogP contribution is -2.50. The lowest BCUT2D eigenvalue weighted by atomic mass is 10.0. The van der Waals surface area contributed by atoms with Crippen LogP contribution < -0.4 is 4.90 Å². The standard InChI is InChI=1S/C16H18FN5O2/c1-11-9-21(4-3-20(11)2)15-6-14(17)13(5-16(15)22(23)24)12-7-18-10-19-8-12/h5-8,10-11H,3-4,9H2,1-2H3/t11-/m1/s1. The van der Waals surface area contributed by atoms with Crippen LogP contribution in [0.5, 0.6) is 0 Å². The molecule has 24 heavy (non-hydrogen) atoms. The van der Waals surface area contributed by atoms with Crippen molar-refractivity contribution in [3.63, 3.8) is 0 Å². The summed E-state index contributed by atoms with van der Waals surface area (Å²) in [5.74, 6) is -0.517. The smallest absolute Gasteiger partial charge is 0.293 e. The number of nitrogens with zero attached hydrogens (tertiary/aromatic N) is 5. The molecule has 1 aromatic carbocycles. The molecule has 0 aliphatic carbocycles. The number of aromatic nitrogens is 2. The van der Waals surface area contributed by atoms with Gasteiger partial charge in [0.2, 0.25) is 0 Å². The molecule has 3 rings (SSSR count). The van der Waals surface area contributed by atoms with Gasteiger partial charge in [-0.05, 0) is 14.0 Å². The molecular formula is C16H18FN5O2. The number of hydrogen-bond donors (Lipinski definition) is 0. The van der Waals surface area contributed by atoms with Crippen LogP contribution >= 0.6 is 0 Å². The van der Waals surface area contributed by atoms with E-state index in [1.54, 1.807) is 0 Å². The van der Waals surface area contributed by atoms with Gasteiger partial charge >= 0.3 is 0 Å². The fraction of sp³-hybridized carbons (Fsp3) is 0.375. The lowest BCUT2D eigenvalue weighted by Gasteiger charge is -2.38. The van der Waals surface area contributed by atoms with Crippen LogP contribution in [0.3, 0.4) is 0 Å². The third-order valence-corrected chi connectivity index (χ3v) is 4.43. The second kappa shape index (κ2) is 6.48. The van der Waals surface area contributed by atoms with Gasteiger partial charge in [-0.1, -0.05) is 0 Å². The van der Waals surface area contributed by atoms with Crippen molar-refractivity contribution in [2.45, 2.75) is 13.0 Å². The first kappa shape index (κ1) is 16.3. The Hall–Kier alpha value is -2.61. The molecule has 1 aromatic heterocycles. The van der Waals surface area contributed by atoms with E-state index in [1.165, 1.54) is 30.9 Å². The molecule has 2 heterocycles. The first-order valence-corrected chi connectivity index (χ1v) is 7.66. The normalized spacial score (nSPS) is 18.6. The zero-order valence-corrected chi connectivity index (χ0v) is 13.5. The minimum Gasteiger partial charge on any atom is -0.363 e. The van der Waals surface area contributed by atoms with Crippen LogP contribution in [-0.4, -0.2) is 52.5 Å². The maximum absolute atomic E-state index is 14.6. The van der Waals surface area contributed by atoms with Crippen LogP contribution in [0.4, 0.5) is 15.8 Å². The largest absolute Gasteiger partial charge is 0.363 e. The van der Waals surface area contributed by atoms with Crippen molar-refractivity contribution < 1.29 is 9.31 Å². The van der Waals surface area contributed by atoms with Crippen molar-refractivity contribution in [1.82, 2.24) is 14.9 Å². The van der Waals surface area contributed by atoms with Crippen molar-refractivity contribution in [2.75, 3.05) is 31.6 Å².